The standard InChI is InChI=1S/C18H24N2O/c1-12-6-7-17-16(9-12)15(14(3)19-17)10-18(21)20-8-4-5-13(2)11-20/h6-7,9,13,19H,4-5,8,10-11H2,1-3H3. The lowest BCUT2D eigenvalue weighted by Gasteiger charge is -2.31. The number of H-pyrrole nitrogens is 1. The number of aromatic amines is 1. The van der Waals surface area contributed by atoms with E-state index >= 15 is 0 Å². The minimum Gasteiger partial charge on any atom is -0.358 e. The Morgan fingerprint density at radius 3 is 2.95 bits per heavy atom. The van der Waals surface area contributed by atoms with Crippen molar-refractivity contribution in [2.45, 2.75) is 40.0 Å². The van der Waals surface area contributed by atoms with E-state index in [9.17, 15) is 4.79 Å². The van der Waals surface area contributed by atoms with Gasteiger partial charge in [0.1, 0.15) is 0 Å². The Balaban J connectivity index is 1.85. The minimum absolute atomic E-state index is 0.270. The number of benzene rings is 1. The van der Waals surface area contributed by atoms with Crippen LogP contribution >= 0.6 is 0 Å². The van der Waals surface area contributed by atoms with E-state index in [-0.39, 0.29) is 5.91 Å². The SMILES string of the molecule is Cc1ccc2[nH]c(C)c(CC(=O)N3CCCC(C)C3)c2c1. The van der Waals surface area contributed by atoms with Crippen LogP contribution in [0.1, 0.15) is 36.6 Å². The third-order valence-electron chi connectivity index (χ3n) is 4.61. The van der Waals surface area contributed by atoms with Crippen molar-refractivity contribution in [3.63, 3.8) is 0 Å². The number of hydrogen-bond donors (Lipinski definition) is 1. The first-order chi connectivity index (χ1) is 10.0. The fourth-order valence-electron chi connectivity index (χ4n) is 3.40. The number of fused-ring (bicyclic) bond motifs is 1. The molecule has 1 amide bonds. The fraction of sp³-hybridized carbons (Fsp3) is 0.500. The molecule has 1 aliphatic heterocycles. The normalized spacial score (nSPS) is 19.2. The van der Waals surface area contributed by atoms with Crippen LogP contribution in [0.2, 0.25) is 0 Å². The van der Waals surface area contributed by atoms with Crippen molar-refractivity contribution in [1.29, 1.82) is 0 Å². The summed E-state index contributed by atoms with van der Waals surface area (Å²) < 4.78 is 0. The molecule has 1 saturated heterocycles. The maximum absolute atomic E-state index is 12.6. The van der Waals surface area contributed by atoms with E-state index in [1.807, 2.05) is 4.90 Å². The molecule has 2 aromatic rings. The van der Waals surface area contributed by atoms with Crippen LogP contribution in [-0.4, -0.2) is 28.9 Å². The molecule has 21 heavy (non-hydrogen) atoms. The molecule has 0 bridgehead atoms. The van der Waals surface area contributed by atoms with Crippen LogP contribution < -0.4 is 0 Å². The first kappa shape index (κ1) is 14.2. The second-order valence-electron chi connectivity index (χ2n) is 6.54. The highest BCUT2D eigenvalue weighted by Gasteiger charge is 2.22. The largest absolute Gasteiger partial charge is 0.358 e. The summed E-state index contributed by atoms with van der Waals surface area (Å²) in [5.41, 5.74) is 4.65. The Kier molecular flexibility index (Phi) is 3.75. The predicted molar refractivity (Wildman–Crippen MR) is 86.5 cm³/mol. The second-order valence-corrected chi connectivity index (χ2v) is 6.54. The highest BCUT2D eigenvalue weighted by molar-refractivity contribution is 5.90. The van der Waals surface area contributed by atoms with Gasteiger partial charge >= 0.3 is 0 Å². The molecular weight excluding hydrogens is 260 g/mol. The van der Waals surface area contributed by atoms with Crippen LogP contribution in [0.25, 0.3) is 10.9 Å². The fourth-order valence-corrected chi connectivity index (χ4v) is 3.40. The molecule has 1 N–H and O–H groups in total. The highest BCUT2D eigenvalue weighted by Crippen LogP contribution is 2.25. The number of nitrogens with one attached hydrogen (secondary N) is 1. The maximum atomic E-state index is 12.6. The van der Waals surface area contributed by atoms with Crippen molar-refractivity contribution in [1.82, 2.24) is 9.88 Å². The number of aryl methyl sites for hydroxylation is 2. The van der Waals surface area contributed by atoms with E-state index in [0.29, 0.717) is 12.3 Å². The number of nitrogens with zero attached hydrogens (tertiary/aromatic N) is 1. The molecule has 3 heteroatoms. The monoisotopic (exact) mass is 284 g/mol. The third kappa shape index (κ3) is 2.82. The van der Waals surface area contributed by atoms with E-state index < -0.39 is 0 Å². The summed E-state index contributed by atoms with van der Waals surface area (Å²) in [6, 6.07) is 6.39. The number of hydrogen-bond acceptors (Lipinski definition) is 1. The number of carbonyl (C=O) groups is 1. The Hall–Kier alpha value is -1.77. The molecule has 1 unspecified atom stereocenters. The van der Waals surface area contributed by atoms with Gasteiger partial charge in [-0.1, -0.05) is 18.6 Å². The molecule has 0 spiro atoms. The Morgan fingerprint density at radius 1 is 1.38 bits per heavy atom. The molecule has 0 radical (unpaired) electrons. The Bertz CT molecular complexity index is 671. The lowest BCUT2D eigenvalue weighted by atomic mass is 9.99. The summed E-state index contributed by atoms with van der Waals surface area (Å²) in [6.45, 7) is 8.24. The van der Waals surface area contributed by atoms with Gasteiger partial charge in [0.15, 0.2) is 0 Å². The first-order valence-electron chi connectivity index (χ1n) is 7.90. The van der Waals surface area contributed by atoms with Crippen LogP contribution in [0.4, 0.5) is 0 Å². The average Bonchev–Trinajstić information content (AvgIpc) is 2.75. The first-order valence-corrected chi connectivity index (χ1v) is 7.90. The summed E-state index contributed by atoms with van der Waals surface area (Å²) >= 11 is 0. The van der Waals surface area contributed by atoms with Crippen molar-refractivity contribution in [2.24, 2.45) is 5.92 Å². The predicted octanol–water partition coefficient (Wildman–Crippen LogP) is 3.59. The number of amides is 1. The molecule has 112 valence electrons. The van der Waals surface area contributed by atoms with Gasteiger partial charge in [0.2, 0.25) is 5.91 Å². The molecule has 1 aromatic heterocycles. The van der Waals surface area contributed by atoms with Gasteiger partial charge in [0.05, 0.1) is 6.42 Å². The van der Waals surface area contributed by atoms with E-state index in [1.54, 1.807) is 0 Å². The summed E-state index contributed by atoms with van der Waals surface area (Å²) in [4.78, 5) is 18.0. The molecule has 1 fully saturated rings. The lowest BCUT2D eigenvalue weighted by Crippen LogP contribution is -2.40. The van der Waals surface area contributed by atoms with E-state index in [2.05, 4.69) is 44.0 Å². The molecule has 1 aromatic carbocycles. The number of rotatable bonds is 2. The van der Waals surface area contributed by atoms with Gasteiger partial charge in [-0.05, 0) is 50.3 Å². The average molecular weight is 284 g/mol. The van der Waals surface area contributed by atoms with Crippen LogP contribution in [0.5, 0.6) is 0 Å². The lowest BCUT2D eigenvalue weighted by molar-refractivity contribution is -0.132. The number of carbonyl (C=O) groups excluding carboxylic acids is 1. The second kappa shape index (κ2) is 5.55. The quantitative estimate of drug-likeness (QED) is 0.899. The van der Waals surface area contributed by atoms with Crippen molar-refractivity contribution in [3.05, 3.63) is 35.0 Å². The molecule has 1 aliphatic rings. The molecule has 3 rings (SSSR count). The zero-order chi connectivity index (χ0) is 15.0. The van der Waals surface area contributed by atoms with Gasteiger partial charge in [-0.2, -0.15) is 0 Å². The highest BCUT2D eigenvalue weighted by atomic mass is 16.2. The van der Waals surface area contributed by atoms with Crippen molar-refractivity contribution >= 4 is 16.8 Å². The van der Waals surface area contributed by atoms with Crippen molar-refractivity contribution < 1.29 is 4.79 Å². The summed E-state index contributed by atoms with van der Waals surface area (Å²) in [7, 11) is 0. The van der Waals surface area contributed by atoms with Crippen LogP contribution in [0.15, 0.2) is 18.2 Å². The Labute approximate surface area is 126 Å². The molecule has 3 nitrogen and oxygen atoms in total. The van der Waals surface area contributed by atoms with Crippen LogP contribution in [-0.2, 0) is 11.2 Å². The number of likely N-dealkylation sites (tertiary alicyclic amines) is 1. The van der Waals surface area contributed by atoms with E-state index in [0.717, 1.165) is 36.3 Å². The van der Waals surface area contributed by atoms with Gasteiger partial charge in [-0.25, -0.2) is 0 Å². The Morgan fingerprint density at radius 2 is 2.19 bits per heavy atom. The molecule has 2 heterocycles. The van der Waals surface area contributed by atoms with Gasteiger partial charge < -0.3 is 9.88 Å². The van der Waals surface area contributed by atoms with Gasteiger partial charge in [0, 0.05) is 29.7 Å². The maximum Gasteiger partial charge on any atom is 0.227 e. The molecule has 0 aliphatic carbocycles. The summed E-state index contributed by atoms with van der Waals surface area (Å²) in [5, 5.41) is 1.20. The van der Waals surface area contributed by atoms with Crippen LogP contribution in [0, 0.1) is 19.8 Å². The van der Waals surface area contributed by atoms with Crippen molar-refractivity contribution in [3.8, 4) is 0 Å². The van der Waals surface area contributed by atoms with Gasteiger partial charge in [-0.3, -0.25) is 4.79 Å². The van der Waals surface area contributed by atoms with E-state index in [4.69, 9.17) is 0 Å². The number of aromatic nitrogens is 1. The molecular formula is C18H24N2O. The summed E-state index contributed by atoms with van der Waals surface area (Å²) in [5.74, 6) is 0.904. The zero-order valence-corrected chi connectivity index (χ0v) is 13.2. The number of piperidine rings is 1. The van der Waals surface area contributed by atoms with Crippen LogP contribution in [0.3, 0.4) is 0 Å². The van der Waals surface area contributed by atoms with Crippen molar-refractivity contribution in [2.75, 3.05) is 13.1 Å². The summed E-state index contributed by atoms with van der Waals surface area (Å²) in [6.07, 6.45) is 2.90. The van der Waals surface area contributed by atoms with Gasteiger partial charge in [0.25, 0.3) is 0 Å². The third-order valence-corrected chi connectivity index (χ3v) is 4.61. The molecule has 0 saturated carbocycles. The molecule has 1 atom stereocenters. The van der Waals surface area contributed by atoms with Gasteiger partial charge in [-0.15, -0.1) is 0 Å². The topological polar surface area (TPSA) is 36.1 Å². The van der Waals surface area contributed by atoms with E-state index in [1.165, 1.54) is 17.4 Å². The zero-order valence-electron chi connectivity index (χ0n) is 13.2. The minimum atomic E-state index is 0.270. The smallest absolute Gasteiger partial charge is 0.227 e.